The molecule has 0 radical (unpaired) electrons. The zero-order valence-corrected chi connectivity index (χ0v) is 15.0. The summed E-state index contributed by atoms with van der Waals surface area (Å²) in [7, 11) is 1.64. The van der Waals surface area contributed by atoms with Crippen molar-refractivity contribution in [1.82, 2.24) is 10.6 Å². The van der Waals surface area contributed by atoms with E-state index in [1.165, 1.54) is 12.8 Å². The van der Waals surface area contributed by atoms with Crippen LogP contribution in [0.1, 0.15) is 33.1 Å². The van der Waals surface area contributed by atoms with Gasteiger partial charge in [0, 0.05) is 6.42 Å². The molecule has 1 aliphatic heterocycles. The van der Waals surface area contributed by atoms with Gasteiger partial charge in [0.2, 0.25) is 5.91 Å². The largest absolute Gasteiger partial charge is 0.497 e. The minimum absolute atomic E-state index is 0.0750. The minimum Gasteiger partial charge on any atom is -0.497 e. The Morgan fingerprint density at radius 1 is 1.29 bits per heavy atom. The number of carbonyl (C=O) groups excluding carboxylic acids is 1. The number of benzene rings is 1. The summed E-state index contributed by atoms with van der Waals surface area (Å²) in [5, 5.41) is 6.40. The molecule has 2 N–H and O–H groups in total. The van der Waals surface area contributed by atoms with E-state index in [0.29, 0.717) is 24.8 Å². The average Bonchev–Trinajstić information content (AvgIpc) is 2.61. The predicted octanol–water partition coefficient (Wildman–Crippen LogP) is 2.60. The van der Waals surface area contributed by atoms with Crippen LogP contribution in [0.25, 0.3) is 0 Å². The van der Waals surface area contributed by atoms with Crippen molar-refractivity contribution in [2.45, 2.75) is 39.2 Å². The lowest BCUT2D eigenvalue weighted by molar-refractivity contribution is -0.122. The Labute approximate surface area is 145 Å². The molecule has 0 aromatic heterocycles. The van der Waals surface area contributed by atoms with E-state index in [2.05, 4.69) is 17.6 Å². The topological polar surface area (TPSA) is 59.6 Å². The van der Waals surface area contributed by atoms with Crippen LogP contribution in [0.4, 0.5) is 0 Å². The first kappa shape index (κ1) is 18.6. The van der Waals surface area contributed by atoms with Crippen molar-refractivity contribution < 1.29 is 14.3 Å². The van der Waals surface area contributed by atoms with Crippen molar-refractivity contribution in [3.8, 4) is 11.5 Å². The lowest BCUT2D eigenvalue weighted by Crippen LogP contribution is -2.37. The monoisotopic (exact) mass is 334 g/mol. The molecule has 1 aromatic carbocycles. The zero-order valence-electron chi connectivity index (χ0n) is 15.0. The van der Waals surface area contributed by atoms with Crippen molar-refractivity contribution >= 4 is 5.91 Å². The van der Waals surface area contributed by atoms with Gasteiger partial charge < -0.3 is 20.1 Å². The van der Waals surface area contributed by atoms with Crippen LogP contribution in [-0.2, 0) is 4.79 Å². The van der Waals surface area contributed by atoms with Gasteiger partial charge in [0.25, 0.3) is 0 Å². The van der Waals surface area contributed by atoms with E-state index in [0.717, 1.165) is 24.6 Å². The second-order valence-electron chi connectivity index (χ2n) is 6.70. The third-order valence-corrected chi connectivity index (χ3v) is 4.63. The number of hydrogen-bond acceptors (Lipinski definition) is 4. The fourth-order valence-corrected chi connectivity index (χ4v) is 3.08. The van der Waals surface area contributed by atoms with E-state index in [1.54, 1.807) is 7.11 Å². The van der Waals surface area contributed by atoms with Crippen LogP contribution in [0.2, 0.25) is 0 Å². The molecule has 3 atom stereocenters. The van der Waals surface area contributed by atoms with Gasteiger partial charge in [0.05, 0.1) is 13.7 Å². The van der Waals surface area contributed by atoms with E-state index in [1.807, 2.05) is 31.2 Å². The van der Waals surface area contributed by atoms with Crippen molar-refractivity contribution in [3.63, 3.8) is 0 Å². The molecule has 1 aromatic rings. The number of methoxy groups -OCH3 is 1. The molecule has 1 fully saturated rings. The molecule has 3 unspecified atom stereocenters. The Kier molecular flexibility index (Phi) is 7.37. The minimum atomic E-state index is -0.0750. The first-order chi connectivity index (χ1) is 11.6. The molecule has 2 rings (SSSR count). The van der Waals surface area contributed by atoms with Crippen molar-refractivity contribution in [3.05, 3.63) is 24.3 Å². The van der Waals surface area contributed by atoms with Gasteiger partial charge in [0.1, 0.15) is 17.6 Å². The highest BCUT2D eigenvalue weighted by atomic mass is 16.5. The van der Waals surface area contributed by atoms with E-state index in [4.69, 9.17) is 9.47 Å². The van der Waals surface area contributed by atoms with Crippen LogP contribution >= 0.6 is 0 Å². The highest BCUT2D eigenvalue weighted by Crippen LogP contribution is 2.22. The Morgan fingerprint density at radius 2 is 2.00 bits per heavy atom. The molecule has 0 bridgehead atoms. The first-order valence-corrected chi connectivity index (χ1v) is 8.86. The standard InChI is InChI=1S/C19H30N2O3/c1-14(16-5-4-10-20-13-16)11-19(22)21-12-15(2)24-18-8-6-17(23-3)7-9-18/h6-9,14-16,20H,4-5,10-13H2,1-3H3,(H,21,22). The average molecular weight is 334 g/mol. The first-order valence-electron chi connectivity index (χ1n) is 8.86. The fourth-order valence-electron chi connectivity index (χ4n) is 3.08. The number of ether oxygens (including phenoxy) is 2. The van der Waals surface area contributed by atoms with Gasteiger partial charge in [0.15, 0.2) is 0 Å². The van der Waals surface area contributed by atoms with E-state index in [-0.39, 0.29) is 12.0 Å². The molecular formula is C19H30N2O3. The van der Waals surface area contributed by atoms with Gasteiger partial charge in [-0.05, 0) is 69.0 Å². The quantitative estimate of drug-likeness (QED) is 0.767. The number of piperidine rings is 1. The Balaban J connectivity index is 1.68. The third-order valence-electron chi connectivity index (χ3n) is 4.63. The number of carbonyl (C=O) groups is 1. The van der Waals surface area contributed by atoms with Crippen LogP contribution in [0.15, 0.2) is 24.3 Å². The Bertz CT molecular complexity index is 498. The molecule has 24 heavy (non-hydrogen) atoms. The van der Waals surface area contributed by atoms with Crippen molar-refractivity contribution in [2.75, 3.05) is 26.7 Å². The molecule has 5 nitrogen and oxygen atoms in total. The van der Waals surface area contributed by atoms with Crippen molar-refractivity contribution in [1.29, 1.82) is 0 Å². The van der Waals surface area contributed by atoms with Crippen LogP contribution in [0.5, 0.6) is 11.5 Å². The van der Waals surface area contributed by atoms with Gasteiger partial charge in [-0.15, -0.1) is 0 Å². The molecular weight excluding hydrogens is 304 g/mol. The molecule has 1 heterocycles. The summed E-state index contributed by atoms with van der Waals surface area (Å²) in [5.41, 5.74) is 0. The van der Waals surface area contributed by atoms with Gasteiger partial charge in [-0.3, -0.25) is 4.79 Å². The van der Waals surface area contributed by atoms with Gasteiger partial charge in [-0.1, -0.05) is 6.92 Å². The summed E-state index contributed by atoms with van der Waals surface area (Å²) in [6, 6.07) is 7.46. The van der Waals surface area contributed by atoms with Crippen LogP contribution in [0, 0.1) is 11.8 Å². The van der Waals surface area contributed by atoms with Crippen LogP contribution in [-0.4, -0.2) is 38.8 Å². The number of hydrogen-bond donors (Lipinski definition) is 2. The molecule has 0 spiro atoms. The second-order valence-corrected chi connectivity index (χ2v) is 6.70. The molecule has 1 amide bonds. The van der Waals surface area contributed by atoms with Gasteiger partial charge >= 0.3 is 0 Å². The number of rotatable bonds is 8. The maximum atomic E-state index is 12.1. The van der Waals surface area contributed by atoms with Crippen LogP contribution in [0.3, 0.4) is 0 Å². The lowest BCUT2D eigenvalue weighted by Gasteiger charge is -2.28. The van der Waals surface area contributed by atoms with E-state index in [9.17, 15) is 4.79 Å². The second kappa shape index (κ2) is 9.52. The smallest absolute Gasteiger partial charge is 0.220 e. The highest BCUT2D eigenvalue weighted by molar-refractivity contribution is 5.76. The summed E-state index contributed by atoms with van der Waals surface area (Å²) >= 11 is 0. The highest BCUT2D eigenvalue weighted by Gasteiger charge is 2.22. The maximum absolute atomic E-state index is 12.1. The van der Waals surface area contributed by atoms with Gasteiger partial charge in [-0.2, -0.15) is 0 Å². The Morgan fingerprint density at radius 3 is 2.62 bits per heavy atom. The predicted molar refractivity (Wildman–Crippen MR) is 95.5 cm³/mol. The number of nitrogens with one attached hydrogen (secondary N) is 2. The van der Waals surface area contributed by atoms with E-state index < -0.39 is 0 Å². The summed E-state index contributed by atoms with van der Waals surface area (Å²) in [6.45, 7) is 6.79. The van der Waals surface area contributed by atoms with E-state index >= 15 is 0 Å². The molecule has 1 aliphatic rings. The fraction of sp³-hybridized carbons (Fsp3) is 0.632. The SMILES string of the molecule is COc1ccc(OC(C)CNC(=O)CC(C)C2CCCNC2)cc1. The lowest BCUT2D eigenvalue weighted by atomic mass is 9.85. The summed E-state index contributed by atoms with van der Waals surface area (Å²) in [5.74, 6) is 2.71. The normalized spacial score (nSPS) is 20.0. The molecule has 0 saturated carbocycles. The Hall–Kier alpha value is -1.75. The summed E-state index contributed by atoms with van der Waals surface area (Å²) < 4.78 is 10.9. The van der Waals surface area contributed by atoms with Crippen LogP contribution < -0.4 is 20.1 Å². The zero-order chi connectivity index (χ0) is 17.4. The van der Waals surface area contributed by atoms with Gasteiger partial charge in [-0.25, -0.2) is 0 Å². The molecule has 0 aliphatic carbocycles. The van der Waals surface area contributed by atoms with Crippen molar-refractivity contribution in [2.24, 2.45) is 11.8 Å². The molecule has 1 saturated heterocycles. The summed E-state index contributed by atoms with van der Waals surface area (Å²) in [6.07, 6.45) is 2.94. The maximum Gasteiger partial charge on any atom is 0.220 e. The summed E-state index contributed by atoms with van der Waals surface area (Å²) in [4.78, 5) is 12.1. The molecule has 134 valence electrons. The number of amides is 1. The molecule has 5 heteroatoms. The third kappa shape index (κ3) is 6.04.